The lowest BCUT2D eigenvalue weighted by Crippen LogP contribution is -2.13. The summed E-state index contributed by atoms with van der Waals surface area (Å²) in [5.74, 6) is 2.81. The zero-order chi connectivity index (χ0) is 33.7. The van der Waals surface area contributed by atoms with Gasteiger partial charge in [-0.3, -0.25) is 0 Å². The van der Waals surface area contributed by atoms with E-state index >= 15 is 0 Å². The summed E-state index contributed by atoms with van der Waals surface area (Å²) >= 11 is 0. The summed E-state index contributed by atoms with van der Waals surface area (Å²) in [6.45, 7) is 0. The topological polar surface area (TPSA) is 51.8 Å². The van der Waals surface area contributed by atoms with E-state index in [-0.39, 0.29) is 5.92 Å². The quantitative estimate of drug-likeness (QED) is 0.185. The Morgan fingerprint density at radius 3 is 1.73 bits per heavy atom. The molecule has 0 saturated heterocycles. The minimum absolute atomic E-state index is 0.124. The third-order valence-corrected chi connectivity index (χ3v) is 10.1. The second kappa shape index (κ2) is 12.0. The van der Waals surface area contributed by atoms with Gasteiger partial charge in [-0.25, -0.2) is 15.0 Å². The molecule has 0 N–H and O–H groups in total. The van der Waals surface area contributed by atoms with E-state index in [0.717, 1.165) is 56.8 Å². The Labute approximate surface area is 295 Å². The molecule has 2 heterocycles. The normalized spacial score (nSPS) is 14.1. The molecule has 10 rings (SSSR count). The largest absolute Gasteiger partial charge is 0.456 e. The molecule has 1 atom stereocenters. The monoisotopic (exact) mass is 653 g/mol. The Bertz CT molecular complexity index is 2770. The molecule has 4 heteroatoms. The van der Waals surface area contributed by atoms with Gasteiger partial charge >= 0.3 is 0 Å². The van der Waals surface area contributed by atoms with Gasteiger partial charge in [-0.1, -0.05) is 164 Å². The van der Waals surface area contributed by atoms with Crippen LogP contribution in [0, 0.1) is 0 Å². The molecule has 0 fully saturated rings. The van der Waals surface area contributed by atoms with Crippen LogP contribution in [0.1, 0.15) is 35.1 Å². The maximum atomic E-state index is 6.73. The molecule has 0 spiro atoms. The van der Waals surface area contributed by atoms with Crippen LogP contribution in [0.15, 0.2) is 174 Å². The van der Waals surface area contributed by atoms with Crippen LogP contribution in [-0.2, 0) is 0 Å². The zero-order valence-corrected chi connectivity index (χ0v) is 27.7. The van der Waals surface area contributed by atoms with Gasteiger partial charge in [-0.15, -0.1) is 0 Å². The van der Waals surface area contributed by atoms with Gasteiger partial charge in [0.05, 0.1) is 5.92 Å². The number of aromatic nitrogens is 3. The third-order valence-electron chi connectivity index (χ3n) is 10.1. The molecule has 7 aromatic carbocycles. The van der Waals surface area contributed by atoms with Crippen molar-refractivity contribution >= 4 is 38.1 Å². The van der Waals surface area contributed by atoms with E-state index in [1.54, 1.807) is 0 Å². The molecular formula is C47H31N3O. The SMILES string of the molecule is C1=C(c2cccc3ccccc23)c2oc3ccccc3c2C(c2nc(-c3ccccc3)nc(-c3ccc(-c4cccc5ccccc45)cc3)n2)C1. The molecule has 4 nitrogen and oxygen atoms in total. The van der Waals surface area contributed by atoms with Crippen molar-refractivity contribution in [1.29, 1.82) is 0 Å². The summed E-state index contributed by atoms with van der Waals surface area (Å²) in [4.78, 5) is 15.5. The van der Waals surface area contributed by atoms with Crippen molar-refractivity contribution < 1.29 is 4.42 Å². The highest BCUT2D eigenvalue weighted by molar-refractivity contribution is 6.01. The summed E-state index contributed by atoms with van der Waals surface area (Å²) in [5.41, 5.74) is 8.52. The minimum atomic E-state index is -0.124. The first-order valence-electron chi connectivity index (χ1n) is 17.4. The van der Waals surface area contributed by atoms with Gasteiger partial charge in [0.1, 0.15) is 17.2 Å². The fourth-order valence-corrected chi connectivity index (χ4v) is 7.65. The summed E-state index contributed by atoms with van der Waals surface area (Å²) in [6.07, 6.45) is 3.04. The molecule has 2 aromatic heterocycles. The van der Waals surface area contributed by atoms with E-state index in [0.29, 0.717) is 11.6 Å². The number of allylic oxidation sites excluding steroid dienone is 1. The first kappa shape index (κ1) is 29.3. The van der Waals surface area contributed by atoms with Crippen molar-refractivity contribution in [2.45, 2.75) is 12.3 Å². The van der Waals surface area contributed by atoms with Crippen molar-refractivity contribution in [2.24, 2.45) is 0 Å². The molecule has 1 aliphatic rings. The van der Waals surface area contributed by atoms with Gasteiger partial charge in [0, 0.05) is 27.6 Å². The lowest BCUT2D eigenvalue weighted by Gasteiger charge is -2.23. The lowest BCUT2D eigenvalue weighted by molar-refractivity contribution is 0.581. The van der Waals surface area contributed by atoms with Gasteiger partial charge in [-0.2, -0.15) is 0 Å². The molecule has 0 aliphatic heterocycles. The third kappa shape index (κ3) is 5.03. The molecule has 0 saturated carbocycles. The number of para-hydroxylation sites is 1. The number of nitrogens with zero attached hydrogens (tertiary/aromatic N) is 3. The van der Waals surface area contributed by atoms with Crippen LogP contribution in [-0.4, -0.2) is 15.0 Å². The Morgan fingerprint density at radius 2 is 1.00 bits per heavy atom. The van der Waals surface area contributed by atoms with Crippen molar-refractivity contribution in [3.05, 3.63) is 193 Å². The lowest BCUT2D eigenvalue weighted by atomic mass is 9.82. The standard InChI is InChI=1S/C47H31N3O/c1-2-14-33(15-3-1)45-48-46(34-26-24-32(25-27-34)36-21-10-16-30-12-4-6-18-35(30)36)50-47(49-45)41-29-28-39(38-22-11-17-31-13-5-7-19-37(31)38)44-43(41)40-20-8-9-23-42(40)51-44/h1-28,41H,29H2. The molecule has 9 aromatic rings. The van der Waals surface area contributed by atoms with Crippen molar-refractivity contribution in [3.8, 4) is 33.9 Å². The molecule has 0 bridgehead atoms. The van der Waals surface area contributed by atoms with Crippen LogP contribution in [0.2, 0.25) is 0 Å². The van der Waals surface area contributed by atoms with Gasteiger partial charge in [0.25, 0.3) is 0 Å². The maximum Gasteiger partial charge on any atom is 0.163 e. The highest BCUT2D eigenvalue weighted by Crippen LogP contribution is 2.47. The number of hydrogen-bond donors (Lipinski definition) is 0. The van der Waals surface area contributed by atoms with E-state index in [1.807, 2.05) is 24.3 Å². The first-order valence-corrected chi connectivity index (χ1v) is 17.4. The van der Waals surface area contributed by atoms with Crippen LogP contribution in [0.5, 0.6) is 0 Å². The molecule has 1 unspecified atom stereocenters. The highest BCUT2D eigenvalue weighted by Gasteiger charge is 2.33. The summed E-state index contributed by atoms with van der Waals surface area (Å²) in [5, 5.41) is 5.96. The molecular weight excluding hydrogens is 623 g/mol. The van der Waals surface area contributed by atoms with Crippen LogP contribution < -0.4 is 0 Å². The zero-order valence-electron chi connectivity index (χ0n) is 27.7. The molecule has 0 amide bonds. The average molecular weight is 654 g/mol. The van der Waals surface area contributed by atoms with Crippen LogP contribution in [0.25, 0.3) is 72.0 Å². The number of hydrogen-bond acceptors (Lipinski definition) is 4. The van der Waals surface area contributed by atoms with Gasteiger partial charge in [-0.05, 0) is 50.7 Å². The van der Waals surface area contributed by atoms with Crippen LogP contribution in [0.3, 0.4) is 0 Å². The Morgan fingerprint density at radius 1 is 0.451 bits per heavy atom. The maximum absolute atomic E-state index is 6.73. The Balaban J connectivity index is 1.12. The fourth-order valence-electron chi connectivity index (χ4n) is 7.65. The molecule has 240 valence electrons. The van der Waals surface area contributed by atoms with Crippen molar-refractivity contribution in [3.63, 3.8) is 0 Å². The first-order chi connectivity index (χ1) is 25.3. The van der Waals surface area contributed by atoms with Gasteiger partial charge in [0.2, 0.25) is 0 Å². The highest BCUT2D eigenvalue weighted by atomic mass is 16.3. The Hall–Kier alpha value is -6.65. The van der Waals surface area contributed by atoms with Crippen LogP contribution in [0.4, 0.5) is 0 Å². The number of rotatable bonds is 5. The number of furan rings is 1. The number of fused-ring (bicyclic) bond motifs is 5. The van der Waals surface area contributed by atoms with E-state index < -0.39 is 0 Å². The van der Waals surface area contributed by atoms with Crippen molar-refractivity contribution in [1.82, 2.24) is 15.0 Å². The van der Waals surface area contributed by atoms with Gasteiger partial charge in [0.15, 0.2) is 11.6 Å². The molecule has 1 aliphatic carbocycles. The predicted molar refractivity (Wildman–Crippen MR) is 207 cm³/mol. The van der Waals surface area contributed by atoms with E-state index in [2.05, 4.69) is 146 Å². The molecule has 0 radical (unpaired) electrons. The van der Waals surface area contributed by atoms with E-state index in [9.17, 15) is 0 Å². The smallest absolute Gasteiger partial charge is 0.163 e. The minimum Gasteiger partial charge on any atom is -0.456 e. The summed E-state index contributed by atoms with van der Waals surface area (Å²) < 4.78 is 6.73. The van der Waals surface area contributed by atoms with E-state index in [4.69, 9.17) is 19.4 Å². The average Bonchev–Trinajstić information content (AvgIpc) is 3.60. The number of benzene rings is 7. The Kier molecular flexibility index (Phi) is 6.91. The summed E-state index contributed by atoms with van der Waals surface area (Å²) in [7, 11) is 0. The van der Waals surface area contributed by atoms with Crippen LogP contribution >= 0.6 is 0 Å². The fraction of sp³-hybridized carbons (Fsp3) is 0.0426. The second-order valence-electron chi connectivity index (χ2n) is 13.1. The van der Waals surface area contributed by atoms with E-state index in [1.165, 1.54) is 32.7 Å². The molecule has 51 heavy (non-hydrogen) atoms. The second-order valence-corrected chi connectivity index (χ2v) is 13.1. The van der Waals surface area contributed by atoms with Gasteiger partial charge < -0.3 is 4.42 Å². The predicted octanol–water partition coefficient (Wildman–Crippen LogP) is 11.9. The van der Waals surface area contributed by atoms with Crippen molar-refractivity contribution in [2.75, 3.05) is 0 Å². The summed E-state index contributed by atoms with van der Waals surface area (Å²) in [6, 6.07) is 57.1.